The van der Waals surface area contributed by atoms with E-state index in [0.717, 1.165) is 31.4 Å². The van der Waals surface area contributed by atoms with Gasteiger partial charge >= 0.3 is 0 Å². The quantitative estimate of drug-likeness (QED) is 0.425. The lowest BCUT2D eigenvalue weighted by molar-refractivity contribution is -0.120. The second-order valence-corrected chi connectivity index (χ2v) is 8.91. The number of carbonyl (C=O) groups is 2. The predicted molar refractivity (Wildman–Crippen MR) is 133 cm³/mol. The van der Waals surface area contributed by atoms with E-state index in [1.807, 2.05) is 59.5 Å². The molecule has 0 bridgehead atoms. The molecule has 0 aliphatic carbocycles. The summed E-state index contributed by atoms with van der Waals surface area (Å²) in [4.78, 5) is 30.8. The molecule has 0 radical (unpaired) electrons. The van der Waals surface area contributed by atoms with Gasteiger partial charge in [0, 0.05) is 17.3 Å². The molecule has 0 atom stereocenters. The Kier molecular flexibility index (Phi) is 5.77. The number of hydrogen-bond acceptors (Lipinski definition) is 3. The summed E-state index contributed by atoms with van der Waals surface area (Å²) in [6.45, 7) is 2.83. The molecule has 33 heavy (non-hydrogen) atoms. The number of hydrogen-bond donors (Lipinski definition) is 0. The topological polar surface area (TPSA) is 40.6 Å². The maximum atomic E-state index is 13.8. The molecule has 0 aromatic heterocycles. The number of imide groups is 1. The zero-order valence-electron chi connectivity index (χ0n) is 18.6. The Bertz CT molecular complexity index is 1250. The summed E-state index contributed by atoms with van der Waals surface area (Å²) in [5, 5.41) is 0.587. The van der Waals surface area contributed by atoms with Crippen molar-refractivity contribution < 1.29 is 9.59 Å². The molecule has 3 aromatic rings. The highest BCUT2D eigenvalue weighted by Gasteiger charge is 2.44. The van der Waals surface area contributed by atoms with Crippen LogP contribution in [0, 0.1) is 0 Å². The van der Waals surface area contributed by atoms with E-state index in [-0.39, 0.29) is 11.8 Å². The Balaban J connectivity index is 1.58. The molecule has 2 aliphatic rings. The van der Waals surface area contributed by atoms with Crippen LogP contribution in [-0.4, -0.2) is 18.4 Å². The Morgan fingerprint density at radius 2 is 1.61 bits per heavy atom. The van der Waals surface area contributed by atoms with Gasteiger partial charge in [0.25, 0.3) is 11.8 Å². The van der Waals surface area contributed by atoms with Gasteiger partial charge in [0.15, 0.2) is 0 Å². The molecule has 2 amide bonds. The highest BCUT2D eigenvalue weighted by atomic mass is 35.5. The fourth-order valence-electron chi connectivity index (χ4n) is 4.64. The van der Waals surface area contributed by atoms with Crippen LogP contribution in [0.1, 0.15) is 36.5 Å². The minimum absolute atomic E-state index is 0.289. The van der Waals surface area contributed by atoms with E-state index in [1.165, 1.54) is 16.0 Å². The van der Waals surface area contributed by atoms with Crippen molar-refractivity contribution in [3.63, 3.8) is 0 Å². The van der Waals surface area contributed by atoms with Gasteiger partial charge in [-0.05, 0) is 66.3 Å². The molecule has 0 N–H and O–H groups in total. The predicted octanol–water partition coefficient (Wildman–Crippen LogP) is 6.03. The Morgan fingerprint density at radius 1 is 0.879 bits per heavy atom. The molecule has 0 fully saturated rings. The number of benzene rings is 3. The Labute approximate surface area is 199 Å². The van der Waals surface area contributed by atoms with E-state index < -0.39 is 0 Å². The van der Waals surface area contributed by atoms with Gasteiger partial charge in [0.1, 0.15) is 5.70 Å². The fourth-order valence-corrected chi connectivity index (χ4v) is 4.77. The zero-order valence-corrected chi connectivity index (χ0v) is 19.3. The Morgan fingerprint density at radius 3 is 2.33 bits per heavy atom. The monoisotopic (exact) mass is 456 g/mol. The van der Waals surface area contributed by atoms with Crippen LogP contribution in [0.5, 0.6) is 0 Å². The van der Waals surface area contributed by atoms with Crippen molar-refractivity contribution in [2.24, 2.45) is 0 Å². The number of rotatable bonds is 6. The number of nitrogens with zero attached hydrogens (tertiary/aromatic N) is 2. The van der Waals surface area contributed by atoms with Gasteiger partial charge in [0.05, 0.1) is 11.3 Å². The first kappa shape index (κ1) is 21.5. The number of unbranched alkanes of at least 4 members (excludes halogenated alkanes) is 1. The van der Waals surface area contributed by atoms with Crippen LogP contribution in [0.2, 0.25) is 5.02 Å². The third kappa shape index (κ3) is 3.85. The number of halogens is 1. The van der Waals surface area contributed by atoms with Crippen LogP contribution in [0.4, 0.5) is 11.4 Å². The summed E-state index contributed by atoms with van der Waals surface area (Å²) >= 11 is 6.10. The van der Waals surface area contributed by atoms with Gasteiger partial charge in [-0.3, -0.25) is 9.59 Å². The average Bonchev–Trinajstić information content (AvgIpc) is 3.36. The molecule has 2 heterocycles. The molecule has 5 heteroatoms. The number of anilines is 2. The first-order chi connectivity index (χ1) is 16.1. The number of aryl methyl sites for hydroxylation is 1. The summed E-state index contributed by atoms with van der Waals surface area (Å²) in [6, 6.07) is 23.0. The van der Waals surface area contributed by atoms with Crippen molar-refractivity contribution in [1.29, 1.82) is 0 Å². The third-order valence-corrected chi connectivity index (χ3v) is 6.61. The Hall–Kier alpha value is -3.37. The van der Waals surface area contributed by atoms with E-state index in [0.29, 0.717) is 34.1 Å². The minimum atomic E-state index is -0.303. The van der Waals surface area contributed by atoms with Gasteiger partial charge in [0.2, 0.25) is 0 Å². The van der Waals surface area contributed by atoms with Gasteiger partial charge in [-0.25, -0.2) is 4.90 Å². The molecule has 0 saturated heterocycles. The third-order valence-electron chi connectivity index (χ3n) is 6.36. The van der Waals surface area contributed by atoms with Crippen LogP contribution in [-0.2, 0) is 22.4 Å². The number of carbonyl (C=O) groups excluding carboxylic acids is 2. The average molecular weight is 457 g/mol. The lowest BCUT2D eigenvalue weighted by Gasteiger charge is -2.22. The molecule has 3 aromatic carbocycles. The molecule has 0 saturated carbocycles. The van der Waals surface area contributed by atoms with Crippen molar-refractivity contribution in [2.75, 3.05) is 16.3 Å². The summed E-state index contributed by atoms with van der Waals surface area (Å²) in [7, 11) is 0. The highest BCUT2D eigenvalue weighted by Crippen LogP contribution is 2.40. The maximum absolute atomic E-state index is 13.8. The number of fused-ring (bicyclic) bond motifs is 1. The SMILES string of the molecule is CCCCc1ccc(N2C(=O)C(c3ccc(Cl)cc3)=C(N3CCc4ccccc43)C2=O)cc1. The fraction of sp³-hybridized carbons (Fsp3) is 0.214. The van der Waals surface area contributed by atoms with Crippen molar-refractivity contribution in [3.8, 4) is 0 Å². The lowest BCUT2D eigenvalue weighted by Crippen LogP contribution is -2.34. The number of amides is 2. The summed E-state index contributed by atoms with van der Waals surface area (Å²) in [5.74, 6) is -0.592. The van der Waals surface area contributed by atoms with E-state index in [9.17, 15) is 9.59 Å². The molecule has 0 unspecified atom stereocenters. The zero-order chi connectivity index (χ0) is 22.9. The van der Waals surface area contributed by atoms with Crippen LogP contribution >= 0.6 is 11.6 Å². The molecule has 166 valence electrons. The van der Waals surface area contributed by atoms with Crippen LogP contribution in [0.3, 0.4) is 0 Å². The van der Waals surface area contributed by atoms with Crippen molar-refractivity contribution in [1.82, 2.24) is 0 Å². The summed E-state index contributed by atoms with van der Waals surface area (Å²) in [5.41, 5.74) is 5.51. The largest absolute Gasteiger partial charge is 0.336 e. The minimum Gasteiger partial charge on any atom is -0.336 e. The first-order valence-electron chi connectivity index (χ1n) is 11.4. The van der Waals surface area contributed by atoms with Crippen molar-refractivity contribution in [2.45, 2.75) is 32.6 Å². The summed E-state index contributed by atoms with van der Waals surface area (Å²) < 4.78 is 0. The maximum Gasteiger partial charge on any atom is 0.282 e. The second-order valence-electron chi connectivity index (χ2n) is 8.48. The first-order valence-corrected chi connectivity index (χ1v) is 11.8. The highest BCUT2D eigenvalue weighted by molar-refractivity contribution is 6.46. The van der Waals surface area contributed by atoms with Gasteiger partial charge < -0.3 is 4.90 Å². The van der Waals surface area contributed by atoms with E-state index in [2.05, 4.69) is 13.0 Å². The van der Waals surface area contributed by atoms with E-state index >= 15 is 0 Å². The van der Waals surface area contributed by atoms with Crippen LogP contribution < -0.4 is 9.80 Å². The van der Waals surface area contributed by atoms with Gasteiger partial charge in [-0.1, -0.05) is 67.4 Å². The molecular formula is C28H25ClN2O2. The molecule has 4 nitrogen and oxygen atoms in total. The van der Waals surface area contributed by atoms with E-state index in [1.54, 1.807) is 12.1 Å². The van der Waals surface area contributed by atoms with Gasteiger partial charge in [-0.2, -0.15) is 0 Å². The molecule has 5 rings (SSSR count). The number of para-hydroxylation sites is 1. The lowest BCUT2D eigenvalue weighted by atomic mass is 10.0. The van der Waals surface area contributed by atoms with E-state index in [4.69, 9.17) is 11.6 Å². The molecule has 0 spiro atoms. The normalized spacial score (nSPS) is 15.6. The molecule has 2 aliphatic heterocycles. The molecular weight excluding hydrogens is 432 g/mol. The standard InChI is InChI=1S/C28H25ClN2O2/c1-2-3-6-19-9-15-23(16-10-19)31-27(32)25(21-11-13-22(29)14-12-21)26(28(31)33)30-18-17-20-7-4-5-8-24(20)30/h4-5,7-16H,2-3,6,17-18H2,1H3. The van der Waals surface area contributed by atoms with Crippen LogP contribution in [0.15, 0.2) is 78.5 Å². The smallest absolute Gasteiger partial charge is 0.282 e. The van der Waals surface area contributed by atoms with Gasteiger partial charge in [-0.15, -0.1) is 0 Å². The summed E-state index contributed by atoms with van der Waals surface area (Å²) in [6.07, 6.45) is 4.06. The second kappa shape index (κ2) is 8.87. The van der Waals surface area contributed by atoms with Crippen LogP contribution in [0.25, 0.3) is 5.57 Å². The van der Waals surface area contributed by atoms with Crippen molar-refractivity contribution >= 4 is 40.4 Å². The van der Waals surface area contributed by atoms with Crippen molar-refractivity contribution in [3.05, 3.63) is 100 Å².